The van der Waals surface area contributed by atoms with Gasteiger partial charge in [-0.25, -0.2) is 0 Å². The second-order valence-corrected chi connectivity index (χ2v) is 5.30. The Kier molecular flexibility index (Phi) is 7.42. The molecule has 0 bridgehead atoms. The second kappa shape index (κ2) is 8.87. The molecule has 0 unspecified atom stereocenters. The molecule has 1 aromatic carbocycles. The minimum absolute atomic E-state index is 0.279. The number of benzene rings is 1. The van der Waals surface area contributed by atoms with Gasteiger partial charge in [-0.1, -0.05) is 29.9 Å². The van der Waals surface area contributed by atoms with Crippen molar-refractivity contribution in [2.24, 2.45) is 0 Å². The van der Waals surface area contributed by atoms with E-state index in [4.69, 9.17) is 9.05 Å². The first-order chi connectivity index (χ1) is 9.15. The van der Waals surface area contributed by atoms with Crippen LogP contribution in [-0.2, 0) is 9.05 Å². The molecule has 0 aromatic heterocycles. The van der Waals surface area contributed by atoms with Crippen LogP contribution < -0.4 is 0 Å². The summed E-state index contributed by atoms with van der Waals surface area (Å²) in [6.45, 7) is 7.24. The van der Waals surface area contributed by atoms with E-state index in [-0.39, 0.29) is 5.75 Å². The smallest absolute Gasteiger partial charge is 0.197 e. The summed E-state index contributed by atoms with van der Waals surface area (Å²) in [5.74, 6) is 2.25. The van der Waals surface area contributed by atoms with Crippen molar-refractivity contribution in [2.75, 3.05) is 13.2 Å². The number of aromatic hydroxyl groups is 1. The number of phenols is 1. The molecule has 0 fully saturated rings. The fourth-order valence-corrected chi connectivity index (χ4v) is 2.55. The third-order valence-corrected chi connectivity index (χ3v) is 3.68. The molecule has 0 atom stereocenters. The molecule has 0 spiro atoms. The van der Waals surface area contributed by atoms with Crippen LogP contribution in [0, 0.1) is 0 Å². The minimum atomic E-state index is -0.935. The molecular formula is C15H21O3P. The van der Waals surface area contributed by atoms with Crippen molar-refractivity contribution in [1.82, 2.24) is 0 Å². The predicted molar refractivity (Wildman–Crippen MR) is 81.1 cm³/mol. The first-order valence-electron chi connectivity index (χ1n) is 6.36. The molecule has 19 heavy (non-hydrogen) atoms. The minimum Gasteiger partial charge on any atom is -0.508 e. The van der Waals surface area contributed by atoms with Gasteiger partial charge >= 0.3 is 0 Å². The maximum absolute atomic E-state index is 9.22. The highest BCUT2D eigenvalue weighted by Crippen LogP contribution is 2.39. The van der Waals surface area contributed by atoms with Crippen molar-refractivity contribution in [2.45, 2.75) is 20.8 Å². The van der Waals surface area contributed by atoms with Gasteiger partial charge in [0.25, 0.3) is 0 Å². The van der Waals surface area contributed by atoms with Crippen LogP contribution in [0.5, 0.6) is 5.75 Å². The highest BCUT2D eigenvalue weighted by atomic mass is 31.2. The third kappa shape index (κ3) is 6.53. The lowest BCUT2D eigenvalue weighted by Crippen LogP contribution is -1.87. The summed E-state index contributed by atoms with van der Waals surface area (Å²) in [5, 5.41) is 9.22. The molecule has 0 aliphatic heterocycles. The van der Waals surface area contributed by atoms with E-state index < -0.39 is 8.38 Å². The molecule has 0 radical (unpaired) electrons. The van der Waals surface area contributed by atoms with E-state index in [9.17, 15) is 5.11 Å². The fraction of sp³-hybridized carbons (Fsp3) is 0.333. The average Bonchev–Trinajstić information content (AvgIpc) is 2.39. The Morgan fingerprint density at radius 3 is 2.26 bits per heavy atom. The van der Waals surface area contributed by atoms with E-state index >= 15 is 0 Å². The summed E-state index contributed by atoms with van der Waals surface area (Å²) in [7, 11) is -0.935. The molecule has 104 valence electrons. The van der Waals surface area contributed by atoms with Crippen molar-refractivity contribution in [3.63, 3.8) is 0 Å². The second-order valence-electron chi connectivity index (χ2n) is 3.92. The quantitative estimate of drug-likeness (QED) is 0.581. The highest BCUT2D eigenvalue weighted by molar-refractivity contribution is 7.50. The molecule has 1 N–H and O–H groups in total. The van der Waals surface area contributed by atoms with Gasteiger partial charge in [0.05, 0.1) is 13.2 Å². The molecule has 0 saturated heterocycles. The number of rotatable bonds is 7. The molecule has 0 amide bonds. The summed E-state index contributed by atoms with van der Waals surface area (Å²) < 4.78 is 11.0. The Bertz CT molecular complexity index is 418. The van der Waals surface area contributed by atoms with Gasteiger partial charge in [-0.15, -0.1) is 0 Å². The average molecular weight is 280 g/mol. The molecule has 3 nitrogen and oxygen atoms in total. The van der Waals surface area contributed by atoms with Gasteiger partial charge in [-0.3, -0.25) is 0 Å². The number of hydrogen-bond donors (Lipinski definition) is 1. The monoisotopic (exact) mass is 280 g/mol. The van der Waals surface area contributed by atoms with E-state index in [2.05, 4.69) is 0 Å². The topological polar surface area (TPSA) is 38.7 Å². The standard InChI is InChI=1S/C15H21O3P/c1-4-17-19(18-5-2)11-10-13(3)12-14-6-8-15(16)9-7-14/h6-12,16H,4-5H2,1-3H3/b11-10+,13-12+. The van der Waals surface area contributed by atoms with Crippen LogP contribution in [0.25, 0.3) is 6.08 Å². The predicted octanol–water partition coefficient (Wildman–Crippen LogP) is 4.69. The van der Waals surface area contributed by atoms with Gasteiger partial charge in [0.2, 0.25) is 0 Å². The third-order valence-electron chi connectivity index (χ3n) is 2.26. The Labute approximate surface area is 116 Å². The van der Waals surface area contributed by atoms with Crippen LogP contribution in [0.2, 0.25) is 0 Å². The Morgan fingerprint density at radius 2 is 1.74 bits per heavy atom. The molecule has 0 aliphatic carbocycles. The molecule has 0 aliphatic rings. The molecule has 4 heteroatoms. The zero-order valence-corrected chi connectivity index (χ0v) is 12.6. The Balaban J connectivity index is 2.65. The normalized spacial score (nSPS) is 12.5. The first kappa shape index (κ1) is 15.9. The summed E-state index contributed by atoms with van der Waals surface area (Å²) in [4.78, 5) is 0. The van der Waals surface area contributed by atoms with Gasteiger partial charge < -0.3 is 14.2 Å². The maximum atomic E-state index is 9.22. The fourth-order valence-electron chi connectivity index (χ4n) is 1.44. The van der Waals surface area contributed by atoms with E-state index in [1.54, 1.807) is 12.1 Å². The van der Waals surface area contributed by atoms with Crippen LogP contribution in [0.1, 0.15) is 26.3 Å². The van der Waals surface area contributed by atoms with Crippen LogP contribution >= 0.6 is 8.38 Å². The summed E-state index contributed by atoms with van der Waals surface area (Å²) >= 11 is 0. The van der Waals surface area contributed by atoms with Crippen molar-refractivity contribution < 1.29 is 14.2 Å². The van der Waals surface area contributed by atoms with Crippen LogP contribution in [0.15, 0.2) is 41.7 Å². The Hall–Kier alpha value is -1.15. The summed E-state index contributed by atoms with van der Waals surface area (Å²) in [6.07, 6.45) is 4.05. The number of allylic oxidation sites excluding steroid dienone is 2. The first-order valence-corrected chi connectivity index (χ1v) is 7.61. The largest absolute Gasteiger partial charge is 0.508 e. The van der Waals surface area contributed by atoms with Gasteiger partial charge in [0.15, 0.2) is 8.38 Å². The van der Waals surface area contributed by atoms with Crippen molar-refractivity contribution in [3.8, 4) is 5.75 Å². The Morgan fingerprint density at radius 1 is 1.16 bits per heavy atom. The molecule has 0 saturated carbocycles. The van der Waals surface area contributed by atoms with Gasteiger partial charge in [-0.05, 0) is 44.3 Å². The zero-order chi connectivity index (χ0) is 14.1. The van der Waals surface area contributed by atoms with Gasteiger partial charge in [0.1, 0.15) is 5.75 Å². The molecule has 0 heterocycles. The number of hydrogen-bond acceptors (Lipinski definition) is 3. The lowest BCUT2D eigenvalue weighted by Gasteiger charge is -2.10. The maximum Gasteiger partial charge on any atom is 0.197 e. The van der Waals surface area contributed by atoms with Crippen LogP contribution in [-0.4, -0.2) is 18.3 Å². The zero-order valence-electron chi connectivity index (χ0n) is 11.7. The van der Waals surface area contributed by atoms with E-state index in [1.807, 2.05) is 50.9 Å². The molecular weight excluding hydrogens is 259 g/mol. The van der Waals surface area contributed by atoms with Crippen LogP contribution in [0.3, 0.4) is 0 Å². The van der Waals surface area contributed by atoms with Gasteiger partial charge in [0, 0.05) is 0 Å². The number of phenolic OH excluding ortho intramolecular Hbond substituents is 1. The lowest BCUT2D eigenvalue weighted by atomic mass is 10.1. The lowest BCUT2D eigenvalue weighted by molar-refractivity contribution is 0.276. The van der Waals surface area contributed by atoms with E-state index in [0.29, 0.717) is 13.2 Å². The van der Waals surface area contributed by atoms with E-state index in [1.165, 1.54) is 0 Å². The SMILES string of the molecule is CCOP(/C=C/C(C)=C/c1ccc(O)cc1)OCC. The summed E-state index contributed by atoms with van der Waals surface area (Å²) in [5.41, 5.74) is 2.16. The highest BCUT2D eigenvalue weighted by Gasteiger charge is 2.02. The van der Waals surface area contributed by atoms with Crippen LogP contribution in [0.4, 0.5) is 0 Å². The van der Waals surface area contributed by atoms with E-state index in [0.717, 1.165) is 11.1 Å². The molecule has 1 aromatic rings. The van der Waals surface area contributed by atoms with Crippen molar-refractivity contribution >= 4 is 14.5 Å². The van der Waals surface area contributed by atoms with Crippen molar-refractivity contribution in [3.05, 3.63) is 47.3 Å². The molecule has 1 rings (SSSR count). The van der Waals surface area contributed by atoms with Crippen molar-refractivity contribution in [1.29, 1.82) is 0 Å². The van der Waals surface area contributed by atoms with Gasteiger partial charge in [-0.2, -0.15) is 0 Å². The summed E-state index contributed by atoms with van der Waals surface area (Å²) in [6, 6.07) is 7.10.